The molecule has 4 atom stereocenters. The minimum atomic E-state index is 0.318. The zero-order chi connectivity index (χ0) is 21.7. The number of fused-ring (bicyclic) bond motifs is 3. The van der Waals surface area contributed by atoms with Gasteiger partial charge in [-0.3, -0.25) is 0 Å². The summed E-state index contributed by atoms with van der Waals surface area (Å²) in [6.07, 6.45) is 7.10. The molecule has 31 heavy (non-hydrogen) atoms. The van der Waals surface area contributed by atoms with Crippen LogP contribution in [0.5, 0.6) is 0 Å². The molecule has 9 heteroatoms. The fraction of sp³-hybridized carbons (Fsp3) is 0.455. The Hall–Kier alpha value is -2.16. The van der Waals surface area contributed by atoms with Crippen molar-refractivity contribution in [3.05, 3.63) is 35.6 Å². The summed E-state index contributed by atoms with van der Waals surface area (Å²) in [5, 5.41) is 1.24. The van der Waals surface area contributed by atoms with Gasteiger partial charge in [0.2, 0.25) is 0 Å². The number of piperidine rings is 1. The lowest BCUT2D eigenvalue weighted by molar-refractivity contribution is 0.217. The predicted molar refractivity (Wildman–Crippen MR) is 126 cm³/mol. The first kappa shape index (κ1) is 20.7. The van der Waals surface area contributed by atoms with Crippen LogP contribution in [0.2, 0.25) is 5.02 Å². The number of hydrogen-bond donors (Lipinski definition) is 1. The molecule has 0 spiro atoms. The van der Waals surface area contributed by atoms with Gasteiger partial charge < -0.3 is 15.5 Å². The van der Waals surface area contributed by atoms with Crippen LogP contribution in [0.3, 0.4) is 0 Å². The molecule has 162 valence electrons. The van der Waals surface area contributed by atoms with Gasteiger partial charge >= 0.3 is 0 Å². The average Bonchev–Trinajstić information content (AvgIpc) is 2.95. The average molecular weight is 456 g/mol. The van der Waals surface area contributed by atoms with Crippen molar-refractivity contribution in [1.82, 2.24) is 24.8 Å². The number of anilines is 2. The second-order valence-electron chi connectivity index (χ2n) is 8.76. The highest BCUT2D eigenvalue weighted by Crippen LogP contribution is 2.43. The van der Waals surface area contributed by atoms with Gasteiger partial charge in [0.05, 0.1) is 11.2 Å². The van der Waals surface area contributed by atoms with E-state index < -0.39 is 0 Å². The highest BCUT2D eigenvalue weighted by atomic mass is 35.5. The van der Waals surface area contributed by atoms with Crippen LogP contribution >= 0.6 is 23.4 Å². The van der Waals surface area contributed by atoms with E-state index in [2.05, 4.69) is 45.8 Å². The highest BCUT2D eigenvalue weighted by molar-refractivity contribution is 7.99. The quantitative estimate of drug-likeness (QED) is 0.629. The number of aromatic nitrogens is 4. The monoisotopic (exact) mass is 455 g/mol. The topological polar surface area (TPSA) is 84.1 Å². The van der Waals surface area contributed by atoms with Crippen molar-refractivity contribution in [2.75, 3.05) is 24.7 Å². The van der Waals surface area contributed by atoms with Crippen molar-refractivity contribution in [2.45, 2.75) is 54.2 Å². The lowest BCUT2D eigenvalue weighted by Crippen LogP contribution is -2.50. The van der Waals surface area contributed by atoms with E-state index in [1.807, 2.05) is 24.4 Å². The summed E-state index contributed by atoms with van der Waals surface area (Å²) in [4.78, 5) is 24.0. The molecule has 0 amide bonds. The number of nitrogens with zero attached hydrogens (tertiary/aromatic N) is 6. The molecule has 2 fully saturated rings. The molecule has 1 unspecified atom stereocenters. The third kappa shape index (κ3) is 3.81. The molecule has 5 rings (SSSR count). The fourth-order valence-electron chi connectivity index (χ4n) is 4.96. The van der Waals surface area contributed by atoms with Gasteiger partial charge in [0.1, 0.15) is 22.2 Å². The molecule has 0 radical (unpaired) electrons. The van der Waals surface area contributed by atoms with Gasteiger partial charge in [0.15, 0.2) is 5.65 Å². The Kier molecular flexibility index (Phi) is 5.40. The Bertz CT molecular complexity index is 1120. The summed E-state index contributed by atoms with van der Waals surface area (Å²) < 4.78 is 0. The first-order valence-electron chi connectivity index (χ1n) is 10.6. The van der Waals surface area contributed by atoms with E-state index in [9.17, 15) is 0 Å². The van der Waals surface area contributed by atoms with Crippen molar-refractivity contribution in [2.24, 2.45) is 5.92 Å². The van der Waals surface area contributed by atoms with E-state index >= 15 is 0 Å². The van der Waals surface area contributed by atoms with Crippen molar-refractivity contribution in [3.8, 4) is 0 Å². The van der Waals surface area contributed by atoms with Crippen LogP contribution in [0.1, 0.15) is 26.2 Å². The van der Waals surface area contributed by atoms with Crippen molar-refractivity contribution < 1.29 is 0 Å². The number of hydrogen-bond acceptors (Lipinski definition) is 8. The molecular formula is C22H26ClN7S. The number of nitrogens with two attached hydrogens (primary N) is 1. The molecule has 2 aliphatic heterocycles. The predicted octanol–water partition coefficient (Wildman–Crippen LogP) is 4.11. The Morgan fingerprint density at radius 2 is 1.97 bits per heavy atom. The standard InChI is InChI=1S/C22H26ClN7S/c1-12-8-14-9-13(29(2)3)10-16(12)30(14)18-11-26-22-15(27-18)4-5-19(28-22)31-17-6-7-25-21(24)20(17)23/h4-7,11-14,16H,8-10H2,1-3H3,(H2,24,25)/t12-,13?,14-,16+/m0/s1. The normalized spacial score (nSPS) is 25.5. The SMILES string of the molecule is C[C@H]1C[C@H]2CC(N(C)C)C[C@H]1N2c1cnc2nc(Sc3ccnc(N)c3Cl)ccc2n1. The summed E-state index contributed by atoms with van der Waals surface area (Å²) >= 11 is 7.71. The number of pyridine rings is 2. The Morgan fingerprint density at radius 1 is 1.13 bits per heavy atom. The van der Waals surface area contributed by atoms with Gasteiger partial charge in [-0.15, -0.1) is 0 Å². The molecule has 3 aromatic heterocycles. The molecule has 2 aliphatic rings. The third-order valence-electron chi connectivity index (χ3n) is 6.57. The molecule has 0 saturated carbocycles. The summed E-state index contributed by atoms with van der Waals surface area (Å²) in [7, 11) is 4.38. The Labute approximate surface area is 191 Å². The lowest BCUT2D eigenvalue weighted by Gasteiger charge is -2.42. The molecule has 2 saturated heterocycles. The molecular weight excluding hydrogens is 430 g/mol. The van der Waals surface area contributed by atoms with Gasteiger partial charge in [-0.05, 0) is 57.5 Å². The molecule has 2 N–H and O–H groups in total. The maximum Gasteiger partial charge on any atom is 0.179 e. The Morgan fingerprint density at radius 3 is 2.74 bits per heavy atom. The lowest BCUT2D eigenvalue weighted by atomic mass is 9.94. The maximum absolute atomic E-state index is 6.27. The zero-order valence-corrected chi connectivity index (χ0v) is 19.4. The van der Waals surface area contributed by atoms with Gasteiger partial charge in [-0.25, -0.2) is 19.9 Å². The summed E-state index contributed by atoms with van der Waals surface area (Å²) in [6.45, 7) is 2.37. The van der Waals surface area contributed by atoms with E-state index in [0.29, 0.717) is 40.5 Å². The molecule has 0 aromatic carbocycles. The maximum atomic E-state index is 6.27. The van der Waals surface area contributed by atoms with E-state index in [1.54, 1.807) is 6.20 Å². The number of halogens is 1. The first-order valence-corrected chi connectivity index (χ1v) is 11.8. The minimum Gasteiger partial charge on any atom is -0.382 e. The summed E-state index contributed by atoms with van der Waals surface area (Å²) in [6, 6.07) is 7.44. The van der Waals surface area contributed by atoms with Crippen LogP contribution in [0, 0.1) is 5.92 Å². The van der Waals surface area contributed by atoms with Gasteiger partial charge in [-0.1, -0.05) is 30.3 Å². The number of rotatable bonds is 4. The van der Waals surface area contributed by atoms with Gasteiger partial charge in [0, 0.05) is 29.2 Å². The molecule has 7 nitrogen and oxygen atoms in total. The molecule has 3 aromatic rings. The van der Waals surface area contributed by atoms with Crippen LogP contribution < -0.4 is 10.6 Å². The second-order valence-corrected chi connectivity index (χ2v) is 10.2. The van der Waals surface area contributed by atoms with Crippen molar-refractivity contribution in [3.63, 3.8) is 0 Å². The summed E-state index contributed by atoms with van der Waals surface area (Å²) in [5.74, 6) is 1.96. The van der Waals surface area contributed by atoms with Crippen LogP contribution in [0.25, 0.3) is 11.2 Å². The van der Waals surface area contributed by atoms with Crippen molar-refractivity contribution >= 4 is 46.2 Å². The smallest absolute Gasteiger partial charge is 0.179 e. The van der Waals surface area contributed by atoms with Crippen LogP contribution in [-0.2, 0) is 0 Å². The first-order chi connectivity index (χ1) is 14.9. The van der Waals surface area contributed by atoms with E-state index in [4.69, 9.17) is 22.3 Å². The minimum absolute atomic E-state index is 0.318. The molecule has 5 heterocycles. The third-order valence-corrected chi connectivity index (χ3v) is 8.07. The van der Waals surface area contributed by atoms with E-state index in [-0.39, 0.29) is 0 Å². The van der Waals surface area contributed by atoms with Crippen LogP contribution in [-0.4, -0.2) is 57.1 Å². The molecule has 2 bridgehead atoms. The second kappa shape index (κ2) is 8.07. The highest BCUT2D eigenvalue weighted by Gasteiger charge is 2.46. The van der Waals surface area contributed by atoms with Crippen LogP contribution in [0.4, 0.5) is 11.6 Å². The van der Waals surface area contributed by atoms with Gasteiger partial charge in [0.25, 0.3) is 0 Å². The molecule has 0 aliphatic carbocycles. The number of nitrogen functional groups attached to an aromatic ring is 1. The summed E-state index contributed by atoms with van der Waals surface area (Å²) in [5.41, 5.74) is 7.25. The Balaban J connectivity index is 1.41. The fourth-order valence-corrected chi connectivity index (χ4v) is 6.00. The van der Waals surface area contributed by atoms with Gasteiger partial charge in [-0.2, -0.15) is 0 Å². The van der Waals surface area contributed by atoms with E-state index in [1.165, 1.54) is 31.0 Å². The van der Waals surface area contributed by atoms with E-state index in [0.717, 1.165) is 21.3 Å². The van der Waals surface area contributed by atoms with Crippen molar-refractivity contribution in [1.29, 1.82) is 0 Å². The van der Waals surface area contributed by atoms with Crippen LogP contribution in [0.15, 0.2) is 40.5 Å². The zero-order valence-electron chi connectivity index (χ0n) is 17.9. The largest absolute Gasteiger partial charge is 0.382 e.